The van der Waals surface area contributed by atoms with Gasteiger partial charge in [0, 0.05) is 29.3 Å². The Labute approximate surface area is 154 Å². The van der Waals surface area contributed by atoms with Gasteiger partial charge in [-0.3, -0.25) is 19.7 Å². The highest BCUT2D eigenvalue weighted by molar-refractivity contribution is 7.99. The van der Waals surface area contributed by atoms with Crippen molar-refractivity contribution < 1.29 is 14.5 Å². The zero-order valence-corrected chi connectivity index (χ0v) is 14.6. The minimum absolute atomic E-state index is 0.154. The molecule has 2 aromatic rings. The third kappa shape index (κ3) is 3.70. The molecule has 1 atom stereocenters. The van der Waals surface area contributed by atoms with Crippen molar-refractivity contribution in [3.05, 3.63) is 69.8 Å². The van der Waals surface area contributed by atoms with Gasteiger partial charge in [-0.05, 0) is 18.1 Å². The second-order valence-corrected chi connectivity index (χ2v) is 6.96. The minimum atomic E-state index is -0.761. The number of carbonyl (C=O) groups is 2. The van der Waals surface area contributed by atoms with Gasteiger partial charge >= 0.3 is 0 Å². The van der Waals surface area contributed by atoms with Crippen LogP contribution in [0.15, 0.2) is 53.4 Å². The summed E-state index contributed by atoms with van der Waals surface area (Å²) in [6.07, 6.45) is 0.561. The monoisotopic (exact) mass is 371 g/mol. The average Bonchev–Trinajstić information content (AvgIpc) is 2.77. The molecule has 1 aliphatic heterocycles. The first-order chi connectivity index (χ1) is 12.5. The Morgan fingerprint density at radius 1 is 1.27 bits per heavy atom. The van der Waals surface area contributed by atoms with E-state index in [1.54, 1.807) is 6.07 Å². The molecule has 7 nitrogen and oxygen atoms in total. The molecule has 2 aromatic carbocycles. The van der Waals surface area contributed by atoms with Gasteiger partial charge in [0.25, 0.3) is 11.6 Å². The summed E-state index contributed by atoms with van der Waals surface area (Å²) in [5.41, 5.74) is 6.63. The first kappa shape index (κ1) is 17.9. The zero-order valence-electron chi connectivity index (χ0n) is 13.8. The maximum atomic E-state index is 13.0. The van der Waals surface area contributed by atoms with Crippen molar-refractivity contribution in [2.24, 2.45) is 5.73 Å². The number of nitrogens with zero attached hydrogens (tertiary/aromatic N) is 2. The van der Waals surface area contributed by atoms with E-state index in [-0.39, 0.29) is 11.3 Å². The van der Waals surface area contributed by atoms with Crippen LogP contribution in [0.4, 0.5) is 5.69 Å². The lowest BCUT2D eigenvalue weighted by Crippen LogP contribution is -2.49. The van der Waals surface area contributed by atoms with E-state index in [1.807, 2.05) is 30.3 Å². The molecule has 0 fully saturated rings. The number of benzene rings is 2. The average molecular weight is 371 g/mol. The van der Waals surface area contributed by atoms with E-state index in [4.69, 9.17) is 5.73 Å². The fourth-order valence-corrected chi connectivity index (χ4v) is 4.01. The Morgan fingerprint density at radius 2 is 2.00 bits per heavy atom. The number of amides is 2. The zero-order chi connectivity index (χ0) is 18.7. The lowest BCUT2D eigenvalue weighted by molar-refractivity contribution is -0.384. The number of thioether (sulfide) groups is 1. The second kappa shape index (κ2) is 7.57. The van der Waals surface area contributed by atoms with E-state index in [2.05, 4.69) is 0 Å². The Hall–Kier alpha value is -2.87. The van der Waals surface area contributed by atoms with Gasteiger partial charge in [-0.2, -0.15) is 0 Å². The molecule has 0 saturated carbocycles. The summed E-state index contributed by atoms with van der Waals surface area (Å²) >= 11 is 1.31. The van der Waals surface area contributed by atoms with Crippen LogP contribution >= 0.6 is 11.8 Å². The van der Waals surface area contributed by atoms with Crippen LogP contribution in [0.2, 0.25) is 0 Å². The molecule has 0 radical (unpaired) electrons. The van der Waals surface area contributed by atoms with Gasteiger partial charge in [0.1, 0.15) is 6.04 Å². The molecule has 8 heteroatoms. The van der Waals surface area contributed by atoms with Gasteiger partial charge in [-0.15, -0.1) is 11.8 Å². The molecule has 2 amide bonds. The molecule has 0 spiro atoms. The molecule has 1 heterocycles. The summed E-state index contributed by atoms with van der Waals surface area (Å²) in [6.45, 7) is 0.305. The Morgan fingerprint density at radius 3 is 2.65 bits per heavy atom. The molecule has 134 valence electrons. The van der Waals surface area contributed by atoms with E-state index in [0.29, 0.717) is 23.6 Å². The number of carbonyl (C=O) groups excluding carboxylic acids is 2. The van der Waals surface area contributed by atoms with Crippen LogP contribution in [0, 0.1) is 10.1 Å². The minimum Gasteiger partial charge on any atom is -0.368 e. The van der Waals surface area contributed by atoms with Gasteiger partial charge < -0.3 is 10.6 Å². The van der Waals surface area contributed by atoms with Crippen LogP contribution in [0.3, 0.4) is 0 Å². The number of fused-ring (bicyclic) bond motifs is 1. The number of hydrogen-bond acceptors (Lipinski definition) is 5. The summed E-state index contributed by atoms with van der Waals surface area (Å²) in [5, 5.41) is 11.0. The highest BCUT2D eigenvalue weighted by atomic mass is 32.2. The van der Waals surface area contributed by atoms with Crippen LogP contribution < -0.4 is 5.73 Å². The summed E-state index contributed by atoms with van der Waals surface area (Å²) < 4.78 is 0. The summed E-state index contributed by atoms with van der Waals surface area (Å²) in [4.78, 5) is 37.5. The number of rotatable bonds is 5. The first-order valence-electron chi connectivity index (χ1n) is 8.03. The van der Waals surface area contributed by atoms with Gasteiger partial charge in [-0.25, -0.2) is 0 Å². The number of hydrogen-bond donors (Lipinski definition) is 1. The van der Waals surface area contributed by atoms with Gasteiger partial charge in [0.05, 0.1) is 10.5 Å². The Kier molecular flexibility index (Phi) is 5.22. The van der Waals surface area contributed by atoms with Crippen LogP contribution in [0.25, 0.3) is 0 Å². The summed E-state index contributed by atoms with van der Waals surface area (Å²) in [5.74, 6) is -0.671. The van der Waals surface area contributed by atoms with Crippen LogP contribution in [0.1, 0.15) is 15.9 Å². The van der Waals surface area contributed by atoms with Crippen LogP contribution in [-0.2, 0) is 11.2 Å². The molecule has 1 unspecified atom stereocenters. The predicted octanol–water partition coefficient (Wildman–Crippen LogP) is 2.24. The molecule has 3 rings (SSSR count). The third-order valence-corrected chi connectivity index (χ3v) is 5.40. The number of nitro groups is 1. The topological polar surface area (TPSA) is 107 Å². The van der Waals surface area contributed by atoms with Gasteiger partial charge in [0.2, 0.25) is 5.91 Å². The maximum Gasteiger partial charge on any atom is 0.270 e. The van der Waals surface area contributed by atoms with E-state index in [0.717, 1.165) is 5.56 Å². The third-order valence-electron chi connectivity index (χ3n) is 4.25. The smallest absolute Gasteiger partial charge is 0.270 e. The Bertz CT molecular complexity index is 857. The van der Waals surface area contributed by atoms with Crippen molar-refractivity contribution in [2.75, 3.05) is 12.3 Å². The van der Waals surface area contributed by atoms with Crippen molar-refractivity contribution >= 4 is 29.3 Å². The SMILES string of the molecule is NC(=O)C1CSc2ccc([N+](=O)[O-])cc2C(=O)N1CCc1ccccc1. The summed E-state index contributed by atoms with van der Waals surface area (Å²) in [6, 6.07) is 13.0. The van der Waals surface area contributed by atoms with E-state index >= 15 is 0 Å². The van der Waals surface area contributed by atoms with E-state index in [9.17, 15) is 19.7 Å². The van der Waals surface area contributed by atoms with Crippen molar-refractivity contribution in [3.8, 4) is 0 Å². The number of non-ortho nitro benzene ring substituents is 1. The standard InChI is InChI=1S/C18H17N3O4S/c19-17(22)15-11-26-16-7-6-13(21(24)25)10-14(16)18(23)20(15)9-8-12-4-2-1-3-5-12/h1-7,10,15H,8-9,11H2,(H2,19,22). The normalized spacial score (nSPS) is 16.7. The molecular weight excluding hydrogens is 354 g/mol. The van der Waals surface area contributed by atoms with E-state index < -0.39 is 22.8 Å². The highest BCUT2D eigenvalue weighted by Crippen LogP contribution is 2.32. The van der Waals surface area contributed by atoms with Gasteiger partial charge in [0.15, 0.2) is 0 Å². The van der Waals surface area contributed by atoms with Crippen molar-refractivity contribution in [1.29, 1.82) is 0 Å². The molecule has 1 aliphatic rings. The van der Waals surface area contributed by atoms with Crippen LogP contribution in [0.5, 0.6) is 0 Å². The molecule has 0 bridgehead atoms. The number of nitro benzene ring substituents is 1. The molecular formula is C18H17N3O4S. The first-order valence-corrected chi connectivity index (χ1v) is 9.01. The highest BCUT2D eigenvalue weighted by Gasteiger charge is 2.34. The lowest BCUT2D eigenvalue weighted by atomic mass is 10.1. The molecule has 2 N–H and O–H groups in total. The van der Waals surface area contributed by atoms with Gasteiger partial charge in [-0.1, -0.05) is 30.3 Å². The fourth-order valence-electron chi connectivity index (χ4n) is 2.87. The molecule has 0 aliphatic carbocycles. The van der Waals surface area contributed by atoms with Crippen molar-refractivity contribution in [2.45, 2.75) is 17.4 Å². The molecule has 0 saturated heterocycles. The number of nitrogens with two attached hydrogens (primary N) is 1. The quantitative estimate of drug-likeness (QED) is 0.641. The van der Waals surface area contributed by atoms with Crippen molar-refractivity contribution in [1.82, 2.24) is 4.90 Å². The lowest BCUT2D eigenvalue weighted by Gasteiger charge is -2.27. The summed E-state index contributed by atoms with van der Waals surface area (Å²) in [7, 11) is 0. The van der Waals surface area contributed by atoms with E-state index in [1.165, 1.54) is 28.8 Å². The molecule has 26 heavy (non-hydrogen) atoms. The fraction of sp³-hybridized carbons (Fsp3) is 0.222. The maximum absolute atomic E-state index is 13.0. The Balaban J connectivity index is 1.93. The largest absolute Gasteiger partial charge is 0.368 e. The molecule has 0 aromatic heterocycles. The van der Waals surface area contributed by atoms with Crippen LogP contribution in [-0.4, -0.2) is 40.0 Å². The second-order valence-electron chi connectivity index (χ2n) is 5.90. The predicted molar refractivity (Wildman–Crippen MR) is 98.0 cm³/mol. The number of primary amides is 1. The van der Waals surface area contributed by atoms with Crippen molar-refractivity contribution in [3.63, 3.8) is 0 Å².